The third kappa shape index (κ3) is 4.08. The Morgan fingerprint density at radius 3 is 2.58 bits per heavy atom. The molecule has 1 aliphatic rings. The molecule has 1 amide bonds. The van der Waals surface area contributed by atoms with Crippen molar-refractivity contribution in [3.8, 4) is 11.4 Å². The highest BCUT2D eigenvalue weighted by atomic mass is 35.5. The van der Waals surface area contributed by atoms with E-state index in [1.807, 2.05) is 55.5 Å². The molecule has 0 radical (unpaired) electrons. The van der Waals surface area contributed by atoms with E-state index in [4.69, 9.17) is 28.3 Å². The van der Waals surface area contributed by atoms with Crippen molar-refractivity contribution >= 4 is 40.7 Å². The number of fused-ring (bicyclic) bond motifs is 1. The molecule has 164 valence electrons. The Hall–Kier alpha value is -3.68. The minimum absolute atomic E-state index is 0.255. The molecule has 5 rings (SSSR count). The van der Waals surface area contributed by atoms with Crippen LogP contribution in [0.15, 0.2) is 84.2 Å². The van der Waals surface area contributed by atoms with Gasteiger partial charge in [0, 0.05) is 28.2 Å². The average Bonchev–Trinajstić information content (AvgIpc) is 3.22. The smallest absolute Gasteiger partial charge is 0.255 e. The lowest BCUT2D eigenvalue weighted by Crippen LogP contribution is -2.32. The monoisotopic (exact) mass is 476 g/mol. The lowest BCUT2D eigenvalue weighted by atomic mass is 9.98. The zero-order chi connectivity index (χ0) is 22.9. The van der Waals surface area contributed by atoms with E-state index in [1.165, 1.54) is 0 Å². The van der Waals surface area contributed by atoms with Crippen LogP contribution in [0.5, 0.6) is 0 Å². The maximum atomic E-state index is 13.4. The van der Waals surface area contributed by atoms with E-state index in [-0.39, 0.29) is 5.91 Å². The van der Waals surface area contributed by atoms with Crippen molar-refractivity contribution in [3.05, 3.63) is 99.9 Å². The minimum Gasteiger partial charge on any atom is -0.328 e. The number of anilines is 2. The Morgan fingerprint density at radius 2 is 1.85 bits per heavy atom. The molecular weight excluding hydrogens is 459 g/mol. The number of para-hydroxylation sites is 1. The molecule has 33 heavy (non-hydrogen) atoms. The van der Waals surface area contributed by atoms with E-state index in [2.05, 4.69) is 20.6 Å². The van der Waals surface area contributed by atoms with Crippen molar-refractivity contribution in [3.63, 3.8) is 0 Å². The fraction of sp³-hybridized carbons (Fsp3) is 0.0833. The predicted molar refractivity (Wildman–Crippen MR) is 129 cm³/mol. The number of hydrogen-bond acceptors (Lipinski definition) is 5. The molecule has 1 unspecified atom stereocenters. The third-order valence-electron chi connectivity index (χ3n) is 5.27. The molecule has 4 aromatic rings. The number of allylic oxidation sites excluding steroid dienone is 1. The molecule has 0 spiro atoms. The Balaban J connectivity index is 1.60. The molecule has 0 aliphatic carbocycles. The van der Waals surface area contributed by atoms with Gasteiger partial charge >= 0.3 is 0 Å². The van der Waals surface area contributed by atoms with E-state index < -0.39 is 6.04 Å². The summed E-state index contributed by atoms with van der Waals surface area (Å²) < 4.78 is 1.66. The van der Waals surface area contributed by atoms with Crippen LogP contribution >= 0.6 is 23.2 Å². The molecule has 0 fully saturated rings. The first-order valence-corrected chi connectivity index (χ1v) is 10.9. The lowest BCUT2D eigenvalue weighted by molar-refractivity contribution is -0.113. The molecule has 2 aromatic heterocycles. The van der Waals surface area contributed by atoms with Crippen LogP contribution in [0.4, 0.5) is 11.6 Å². The topological polar surface area (TPSA) is 84.7 Å². The van der Waals surface area contributed by atoms with Crippen molar-refractivity contribution in [1.82, 2.24) is 19.7 Å². The van der Waals surface area contributed by atoms with Crippen molar-refractivity contribution in [2.45, 2.75) is 13.0 Å². The number of aromatic nitrogens is 4. The van der Waals surface area contributed by atoms with Crippen LogP contribution in [0, 0.1) is 0 Å². The van der Waals surface area contributed by atoms with Gasteiger partial charge in [-0.15, -0.1) is 5.10 Å². The number of rotatable bonds is 4. The van der Waals surface area contributed by atoms with Crippen LogP contribution < -0.4 is 10.6 Å². The van der Waals surface area contributed by atoms with Crippen molar-refractivity contribution in [1.29, 1.82) is 0 Å². The molecule has 0 saturated carbocycles. The zero-order valence-corrected chi connectivity index (χ0v) is 19.0. The number of halogens is 2. The number of carbonyl (C=O) groups excluding carboxylic acids is 1. The van der Waals surface area contributed by atoms with Crippen LogP contribution in [0.2, 0.25) is 10.0 Å². The maximum Gasteiger partial charge on any atom is 0.255 e. The van der Waals surface area contributed by atoms with Gasteiger partial charge in [0.15, 0.2) is 5.82 Å². The number of nitrogens with zero attached hydrogens (tertiary/aromatic N) is 4. The summed E-state index contributed by atoms with van der Waals surface area (Å²) in [6.45, 7) is 1.84. The Kier molecular flexibility index (Phi) is 5.58. The summed E-state index contributed by atoms with van der Waals surface area (Å²) in [5, 5.41) is 11.8. The van der Waals surface area contributed by atoms with Gasteiger partial charge in [-0.25, -0.2) is 4.68 Å². The standard InChI is InChI=1S/C24H18Cl2N6O/c1-14-20(23(33)29-16-7-3-2-4-8-16)21(19-9-5-6-12-27-19)32-24(28-14)30-22(31-32)17-11-10-15(25)13-18(17)26/h2-13,21H,1H3,(H,29,33)(H,28,30,31). The SMILES string of the molecule is CC1=C(C(=O)Nc2ccccc2)C(c2ccccn2)n2nc(-c3ccc(Cl)cc3Cl)nc2N1. The van der Waals surface area contributed by atoms with Gasteiger partial charge in [0.25, 0.3) is 5.91 Å². The summed E-state index contributed by atoms with van der Waals surface area (Å²) in [6.07, 6.45) is 1.69. The van der Waals surface area contributed by atoms with Gasteiger partial charge in [-0.1, -0.05) is 47.5 Å². The predicted octanol–water partition coefficient (Wildman–Crippen LogP) is 5.57. The van der Waals surface area contributed by atoms with Crippen LogP contribution in [0.25, 0.3) is 11.4 Å². The molecule has 2 N–H and O–H groups in total. The molecular formula is C24H18Cl2N6O. The van der Waals surface area contributed by atoms with Gasteiger partial charge in [0.1, 0.15) is 6.04 Å². The highest BCUT2D eigenvalue weighted by Crippen LogP contribution is 2.37. The summed E-state index contributed by atoms with van der Waals surface area (Å²) in [5.74, 6) is 0.645. The Bertz CT molecular complexity index is 1370. The molecule has 7 nitrogen and oxygen atoms in total. The molecule has 2 aromatic carbocycles. The molecule has 0 bridgehead atoms. The first kappa shape index (κ1) is 21.2. The molecule has 0 saturated heterocycles. The second-order valence-electron chi connectivity index (χ2n) is 7.47. The second kappa shape index (κ2) is 8.69. The first-order valence-electron chi connectivity index (χ1n) is 10.2. The third-order valence-corrected chi connectivity index (χ3v) is 5.82. The highest BCUT2D eigenvalue weighted by Gasteiger charge is 2.35. The number of carbonyl (C=O) groups is 1. The lowest BCUT2D eigenvalue weighted by Gasteiger charge is -2.28. The molecule has 3 heterocycles. The fourth-order valence-corrected chi connectivity index (χ4v) is 4.25. The Morgan fingerprint density at radius 1 is 1.06 bits per heavy atom. The van der Waals surface area contributed by atoms with Gasteiger partial charge in [0.2, 0.25) is 5.95 Å². The van der Waals surface area contributed by atoms with E-state index in [0.29, 0.717) is 50.0 Å². The number of nitrogens with one attached hydrogen (secondary N) is 2. The largest absolute Gasteiger partial charge is 0.328 e. The van der Waals surface area contributed by atoms with Crippen LogP contribution in [0.3, 0.4) is 0 Å². The van der Waals surface area contributed by atoms with Gasteiger partial charge < -0.3 is 10.6 Å². The van der Waals surface area contributed by atoms with Crippen LogP contribution in [0.1, 0.15) is 18.7 Å². The number of hydrogen-bond donors (Lipinski definition) is 2. The maximum absolute atomic E-state index is 13.4. The zero-order valence-electron chi connectivity index (χ0n) is 17.5. The quantitative estimate of drug-likeness (QED) is 0.401. The van der Waals surface area contributed by atoms with Crippen LogP contribution in [-0.2, 0) is 4.79 Å². The normalized spacial score (nSPS) is 15.1. The van der Waals surface area contributed by atoms with Gasteiger partial charge in [-0.05, 0) is 49.4 Å². The van der Waals surface area contributed by atoms with Gasteiger partial charge in [-0.3, -0.25) is 9.78 Å². The average molecular weight is 477 g/mol. The van der Waals surface area contributed by atoms with E-state index in [9.17, 15) is 4.79 Å². The van der Waals surface area contributed by atoms with Crippen LogP contribution in [-0.4, -0.2) is 25.7 Å². The molecule has 1 aliphatic heterocycles. The number of benzene rings is 2. The van der Waals surface area contributed by atoms with Gasteiger partial charge in [-0.2, -0.15) is 4.98 Å². The van der Waals surface area contributed by atoms with Crippen molar-refractivity contribution < 1.29 is 4.79 Å². The molecule has 1 atom stereocenters. The second-order valence-corrected chi connectivity index (χ2v) is 8.31. The van der Waals surface area contributed by atoms with Crippen molar-refractivity contribution in [2.24, 2.45) is 0 Å². The molecule has 9 heteroatoms. The fourth-order valence-electron chi connectivity index (χ4n) is 3.76. The van der Waals surface area contributed by atoms with Crippen molar-refractivity contribution in [2.75, 3.05) is 10.6 Å². The number of amides is 1. The summed E-state index contributed by atoms with van der Waals surface area (Å²) in [7, 11) is 0. The highest BCUT2D eigenvalue weighted by molar-refractivity contribution is 6.36. The minimum atomic E-state index is -0.585. The van der Waals surface area contributed by atoms with E-state index in [0.717, 1.165) is 0 Å². The Labute approximate surface area is 200 Å². The van der Waals surface area contributed by atoms with Gasteiger partial charge in [0.05, 0.1) is 16.3 Å². The van der Waals surface area contributed by atoms with E-state index >= 15 is 0 Å². The summed E-state index contributed by atoms with van der Waals surface area (Å²) in [6, 6.07) is 19.4. The summed E-state index contributed by atoms with van der Waals surface area (Å²) in [4.78, 5) is 22.6. The summed E-state index contributed by atoms with van der Waals surface area (Å²) in [5.41, 5.74) is 3.14. The number of pyridine rings is 1. The van der Waals surface area contributed by atoms with E-state index in [1.54, 1.807) is 29.1 Å². The first-order chi connectivity index (χ1) is 16.0. The summed E-state index contributed by atoms with van der Waals surface area (Å²) >= 11 is 12.4.